The van der Waals surface area contributed by atoms with E-state index >= 15 is 0 Å². The maximum absolute atomic E-state index is 13.0. The number of hydrogen-bond donors (Lipinski definition) is 1. The smallest absolute Gasteiger partial charge is 0.307 e. The number of halogens is 1. The van der Waals surface area contributed by atoms with Crippen LogP contribution < -0.4 is 9.46 Å². The van der Waals surface area contributed by atoms with E-state index in [-0.39, 0.29) is 28.7 Å². The molecule has 0 aliphatic rings. The molecule has 0 amide bonds. The second-order valence-electron chi connectivity index (χ2n) is 5.89. The summed E-state index contributed by atoms with van der Waals surface area (Å²) in [6.07, 6.45) is -0.140. The summed E-state index contributed by atoms with van der Waals surface area (Å²) in [4.78, 5) is 11.9. The number of carbonyl (C=O) groups excluding carboxylic acids is 1. The molecule has 6 nitrogen and oxygen atoms in total. The molecule has 2 aromatic carbocycles. The molecule has 0 aromatic heterocycles. The number of methoxy groups -OCH3 is 1. The van der Waals surface area contributed by atoms with Crippen molar-refractivity contribution in [3.63, 3.8) is 0 Å². The summed E-state index contributed by atoms with van der Waals surface area (Å²) in [6.45, 7) is 3.83. The number of hydrogen-bond acceptors (Lipinski definition) is 5. The van der Waals surface area contributed by atoms with E-state index < -0.39 is 22.0 Å². The molecule has 0 aliphatic heterocycles. The number of ether oxygens (including phenoxy) is 2. The molecule has 0 spiro atoms. The number of sulfonamides is 1. The monoisotopic (exact) mass is 411 g/mol. The summed E-state index contributed by atoms with van der Waals surface area (Å²) in [6, 6.07) is 10.8. The van der Waals surface area contributed by atoms with Gasteiger partial charge in [-0.15, -0.1) is 0 Å². The van der Waals surface area contributed by atoms with Gasteiger partial charge in [0.1, 0.15) is 10.6 Å². The summed E-state index contributed by atoms with van der Waals surface area (Å²) in [7, 11) is -2.64. The first-order valence-corrected chi connectivity index (χ1v) is 10.2. The van der Waals surface area contributed by atoms with Crippen molar-refractivity contribution in [2.75, 3.05) is 13.7 Å². The van der Waals surface area contributed by atoms with E-state index in [1.807, 2.05) is 19.1 Å². The molecule has 27 heavy (non-hydrogen) atoms. The first-order chi connectivity index (χ1) is 12.8. The van der Waals surface area contributed by atoms with Gasteiger partial charge in [0, 0.05) is 5.02 Å². The molecule has 0 aliphatic carbocycles. The summed E-state index contributed by atoms with van der Waals surface area (Å²) < 4.78 is 38.6. The fraction of sp³-hybridized carbons (Fsp3) is 0.316. The van der Waals surface area contributed by atoms with Crippen LogP contribution in [0.1, 0.15) is 30.5 Å². The Morgan fingerprint density at radius 3 is 2.44 bits per heavy atom. The molecule has 146 valence electrons. The minimum absolute atomic E-state index is 0.0986. The number of esters is 1. The van der Waals surface area contributed by atoms with Crippen LogP contribution in [-0.4, -0.2) is 28.1 Å². The molecule has 1 unspecified atom stereocenters. The maximum Gasteiger partial charge on any atom is 0.307 e. The Morgan fingerprint density at radius 1 is 1.19 bits per heavy atom. The predicted octanol–water partition coefficient (Wildman–Crippen LogP) is 3.63. The summed E-state index contributed by atoms with van der Waals surface area (Å²) in [5.74, 6) is -0.338. The van der Waals surface area contributed by atoms with E-state index in [9.17, 15) is 13.2 Å². The third-order valence-electron chi connectivity index (χ3n) is 3.87. The van der Waals surface area contributed by atoms with Gasteiger partial charge in [-0.05, 0) is 37.6 Å². The topological polar surface area (TPSA) is 81.7 Å². The second-order valence-corrected chi connectivity index (χ2v) is 8.01. The average Bonchev–Trinajstić information content (AvgIpc) is 2.62. The van der Waals surface area contributed by atoms with Gasteiger partial charge in [0.05, 0.1) is 26.2 Å². The van der Waals surface area contributed by atoms with Crippen LogP contribution in [0.2, 0.25) is 5.02 Å². The van der Waals surface area contributed by atoms with Crippen LogP contribution in [0.25, 0.3) is 0 Å². The van der Waals surface area contributed by atoms with Crippen LogP contribution in [-0.2, 0) is 19.6 Å². The highest BCUT2D eigenvalue weighted by Gasteiger charge is 2.27. The van der Waals surface area contributed by atoms with Crippen molar-refractivity contribution in [3.05, 3.63) is 58.6 Å². The van der Waals surface area contributed by atoms with E-state index in [1.165, 1.54) is 25.3 Å². The average molecular weight is 412 g/mol. The normalized spacial score (nSPS) is 12.4. The highest BCUT2D eigenvalue weighted by Crippen LogP contribution is 2.29. The van der Waals surface area contributed by atoms with E-state index in [0.29, 0.717) is 5.56 Å². The minimum atomic E-state index is -4.01. The molecule has 0 heterocycles. The molecule has 8 heteroatoms. The zero-order valence-corrected chi connectivity index (χ0v) is 16.9. The quantitative estimate of drug-likeness (QED) is 0.671. The van der Waals surface area contributed by atoms with Gasteiger partial charge in [-0.1, -0.05) is 41.4 Å². The van der Waals surface area contributed by atoms with Gasteiger partial charge in [0.25, 0.3) is 0 Å². The van der Waals surface area contributed by atoms with Gasteiger partial charge in [0.2, 0.25) is 10.0 Å². The molecule has 2 aromatic rings. The Morgan fingerprint density at radius 2 is 1.85 bits per heavy atom. The first-order valence-electron chi connectivity index (χ1n) is 8.35. The molecule has 0 saturated heterocycles. The third kappa shape index (κ3) is 5.69. The second kappa shape index (κ2) is 9.21. The molecule has 0 radical (unpaired) electrons. The lowest BCUT2D eigenvalue weighted by atomic mass is 10.0. The first kappa shape index (κ1) is 21.2. The Kier molecular flexibility index (Phi) is 7.24. The molecule has 1 N–H and O–H groups in total. The van der Waals surface area contributed by atoms with Crippen LogP contribution in [0.3, 0.4) is 0 Å². The molecule has 2 rings (SSSR count). The van der Waals surface area contributed by atoms with Crippen LogP contribution in [0, 0.1) is 6.92 Å². The van der Waals surface area contributed by atoms with Crippen molar-refractivity contribution in [1.82, 2.24) is 4.72 Å². The zero-order valence-electron chi connectivity index (χ0n) is 15.4. The van der Waals surface area contributed by atoms with Gasteiger partial charge in [0.15, 0.2) is 0 Å². The number of nitrogens with one attached hydrogen (secondary N) is 1. The van der Waals surface area contributed by atoms with Crippen molar-refractivity contribution in [1.29, 1.82) is 0 Å². The van der Waals surface area contributed by atoms with Crippen molar-refractivity contribution in [2.24, 2.45) is 0 Å². The van der Waals surface area contributed by atoms with Gasteiger partial charge in [-0.2, -0.15) is 0 Å². The van der Waals surface area contributed by atoms with Gasteiger partial charge >= 0.3 is 5.97 Å². The number of carbonyl (C=O) groups is 1. The fourth-order valence-electron chi connectivity index (χ4n) is 2.52. The Bertz CT molecular complexity index is 897. The summed E-state index contributed by atoms with van der Waals surface area (Å²) in [5.41, 5.74) is 1.67. The zero-order chi connectivity index (χ0) is 20.0. The third-order valence-corrected chi connectivity index (χ3v) is 5.60. The Balaban J connectivity index is 2.39. The molecule has 0 fully saturated rings. The van der Waals surface area contributed by atoms with Crippen molar-refractivity contribution in [2.45, 2.75) is 31.2 Å². The SMILES string of the molecule is CCOC(=O)CC(NS(=O)(=O)c1cc(Cl)ccc1OC)c1ccc(C)cc1. The lowest BCUT2D eigenvalue weighted by Gasteiger charge is -2.20. The van der Waals surface area contributed by atoms with Gasteiger partial charge < -0.3 is 9.47 Å². The lowest BCUT2D eigenvalue weighted by Crippen LogP contribution is -2.31. The van der Waals surface area contributed by atoms with E-state index in [4.69, 9.17) is 21.1 Å². The minimum Gasteiger partial charge on any atom is -0.495 e. The van der Waals surface area contributed by atoms with Crippen molar-refractivity contribution < 1.29 is 22.7 Å². The number of rotatable bonds is 8. The van der Waals surface area contributed by atoms with E-state index in [2.05, 4.69) is 4.72 Å². The van der Waals surface area contributed by atoms with Crippen LogP contribution in [0.4, 0.5) is 0 Å². The Hall–Kier alpha value is -2.09. The largest absolute Gasteiger partial charge is 0.495 e. The fourth-order valence-corrected chi connectivity index (χ4v) is 4.18. The lowest BCUT2D eigenvalue weighted by molar-refractivity contribution is -0.143. The Labute approximate surface area is 164 Å². The highest BCUT2D eigenvalue weighted by molar-refractivity contribution is 7.89. The van der Waals surface area contributed by atoms with E-state index in [1.54, 1.807) is 19.1 Å². The van der Waals surface area contributed by atoms with Crippen LogP contribution in [0.15, 0.2) is 47.4 Å². The molecule has 1 atom stereocenters. The number of benzene rings is 2. The standard InChI is InChI=1S/C19H22ClNO5S/c1-4-26-19(22)12-16(14-7-5-13(2)6-8-14)21-27(23,24)18-11-15(20)9-10-17(18)25-3/h5-11,16,21H,4,12H2,1-3H3. The van der Waals surface area contributed by atoms with Gasteiger partial charge in [-0.3, -0.25) is 4.79 Å². The highest BCUT2D eigenvalue weighted by atomic mass is 35.5. The van der Waals surface area contributed by atoms with Crippen molar-refractivity contribution in [3.8, 4) is 5.75 Å². The van der Waals surface area contributed by atoms with Crippen molar-refractivity contribution >= 4 is 27.6 Å². The van der Waals surface area contributed by atoms with Crippen LogP contribution >= 0.6 is 11.6 Å². The van der Waals surface area contributed by atoms with Crippen LogP contribution in [0.5, 0.6) is 5.75 Å². The van der Waals surface area contributed by atoms with Gasteiger partial charge in [-0.25, -0.2) is 13.1 Å². The molecule has 0 saturated carbocycles. The summed E-state index contributed by atoms with van der Waals surface area (Å²) >= 11 is 5.95. The molecular weight excluding hydrogens is 390 g/mol. The predicted molar refractivity (Wildman–Crippen MR) is 103 cm³/mol. The van der Waals surface area contributed by atoms with E-state index in [0.717, 1.165) is 5.56 Å². The number of aryl methyl sites for hydroxylation is 1. The molecule has 0 bridgehead atoms. The maximum atomic E-state index is 13.0. The molecular formula is C19H22ClNO5S. The summed E-state index contributed by atoms with van der Waals surface area (Å²) in [5, 5.41) is 0.258.